The highest BCUT2D eigenvalue weighted by molar-refractivity contribution is 8.14. The zero-order valence-corrected chi connectivity index (χ0v) is 23.9. The molecule has 5 rings (SSSR count). The van der Waals surface area contributed by atoms with E-state index >= 15 is 0 Å². The number of hydrazone groups is 1. The van der Waals surface area contributed by atoms with Crippen LogP contribution in [0.3, 0.4) is 0 Å². The number of carbonyl (C=O) groups is 1. The number of ether oxygens (including phenoxy) is 2. The molecule has 1 saturated carbocycles. The Labute approximate surface area is 230 Å². The molecule has 0 aromatic heterocycles. The highest BCUT2D eigenvalue weighted by atomic mass is 32.2. The lowest BCUT2D eigenvalue weighted by Crippen LogP contribution is -2.42. The van der Waals surface area contributed by atoms with Crippen molar-refractivity contribution in [1.29, 1.82) is 0 Å². The molecule has 2 aromatic rings. The molecule has 202 valence electrons. The summed E-state index contributed by atoms with van der Waals surface area (Å²) in [4.78, 5) is 19.6. The summed E-state index contributed by atoms with van der Waals surface area (Å²) in [6, 6.07) is 13.0. The molecule has 2 aromatic carbocycles. The molecule has 7 nitrogen and oxygen atoms in total. The third-order valence-electron chi connectivity index (χ3n) is 7.99. The first kappa shape index (κ1) is 26.6. The molecular formula is C30H38N4O3S. The van der Waals surface area contributed by atoms with E-state index < -0.39 is 0 Å². The summed E-state index contributed by atoms with van der Waals surface area (Å²) in [6.45, 7) is 7.53. The first-order chi connectivity index (χ1) is 18.3. The van der Waals surface area contributed by atoms with Crippen LogP contribution in [0.15, 0.2) is 46.5 Å². The number of carbonyl (C=O) groups excluding carboxylic acids is 1. The Morgan fingerprint density at radius 3 is 2.55 bits per heavy atom. The second-order valence-corrected chi connectivity index (χ2v) is 12.3. The number of hydrogen-bond donors (Lipinski definition) is 1. The molecule has 0 saturated heterocycles. The number of amides is 1. The zero-order valence-electron chi connectivity index (χ0n) is 23.0. The summed E-state index contributed by atoms with van der Waals surface area (Å²) in [5.41, 5.74) is 8.07. The average Bonchev–Trinajstić information content (AvgIpc) is 2.92. The summed E-state index contributed by atoms with van der Waals surface area (Å²) in [5, 5.41) is 4.30. The predicted octanol–water partition coefficient (Wildman–Crippen LogP) is 6.52. The Kier molecular flexibility index (Phi) is 7.70. The molecule has 0 radical (unpaired) electrons. The number of amidine groups is 1. The number of anilines is 1. The summed E-state index contributed by atoms with van der Waals surface area (Å²) in [5.74, 6) is 2.41. The lowest BCUT2D eigenvalue weighted by Gasteiger charge is -2.41. The van der Waals surface area contributed by atoms with Crippen molar-refractivity contribution in [1.82, 2.24) is 5.43 Å². The van der Waals surface area contributed by atoms with Gasteiger partial charge in [-0.15, -0.1) is 0 Å². The third-order valence-corrected chi connectivity index (χ3v) is 8.87. The van der Waals surface area contributed by atoms with Crippen molar-refractivity contribution in [2.24, 2.45) is 10.1 Å². The van der Waals surface area contributed by atoms with Crippen molar-refractivity contribution >= 4 is 34.2 Å². The second kappa shape index (κ2) is 11.0. The Balaban J connectivity index is 1.60. The molecule has 1 N–H and O–H groups in total. The SMILES string of the molecule is COc1ccc(C(=NC2CCCCC2)N2CCC(C)(C)c3cc(C4=NNC(=O)SC4C)ccc32)cc1OC. The largest absolute Gasteiger partial charge is 0.493 e. The number of methoxy groups -OCH3 is 2. The van der Waals surface area contributed by atoms with Gasteiger partial charge in [0.1, 0.15) is 5.84 Å². The van der Waals surface area contributed by atoms with Crippen LogP contribution in [0.4, 0.5) is 10.5 Å². The van der Waals surface area contributed by atoms with E-state index in [1.165, 1.54) is 42.3 Å². The first-order valence-corrected chi connectivity index (χ1v) is 14.5. The Morgan fingerprint density at radius 1 is 1.08 bits per heavy atom. The summed E-state index contributed by atoms with van der Waals surface area (Å²) >= 11 is 1.28. The number of hydrogen-bond acceptors (Lipinski definition) is 6. The van der Waals surface area contributed by atoms with Gasteiger partial charge < -0.3 is 14.4 Å². The van der Waals surface area contributed by atoms with Gasteiger partial charge in [0.15, 0.2) is 11.5 Å². The molecule has 1 amide bonds. The van der Waals surface area contributed by atoms with Crippen LogP contribution in [-0.4, -0.2) is 48.8 Å². The number of rotatable bonds is 5. The Bertz CT molecular complexity index is 1270. The molecule has 38 heavy (non-hydrogen) atoms. The van der Waals surface area contributed by atoms with Gasteiger partial charge in [0.05, 0.1) is 31.2 Å². The van der Waals surface area contributed by atoms with Crippen LogP contribution in [0.1, 0.15) is 76.0 Å². The van der Waals surface area contributed by atoms with E-state index in [0.717, 1.165) is 48.5 Å². The van der Waals surface area contributed by atoms with E-state index in [9.17, 15) is 4.79 Å². The van der Waals surface area contributed by atoms with Crippen molar-refractivity contribution in [3.63, 3.8) is 0 Å². The lowest BCUT2D eigenvalue weighted by atomic mass is 9.76. The van der Waals surface area contributed by atoms with Gasteiger partial charge >= 0.3 is 0 Å². The van der Waals surface area contributed by atoms with E-state index in [0.29, 0.717) is 17.5 Å². The predicted molar refractivity (Wildman–Crippen MR) is 157 cm³/mol. The fourth-order valence-electron chi connectivity index (χ4n) is 5.74. The van der Waals surface area contributed by atoms with Crippen molar-refractivity contribution in [2.45, 2.75) is 76.0 Å². The van der Waals surface area contributed by atoms with E-state index in [-0.39, 0.29) is 15.9 Å². The maximum Gasteiger partial charge on any atom is 0.299 e. The fraction of sp³-hybridized carbons (Fsp3) is 0.500. The minimum absolute atomic E-state index is 0.000190. The van der Waals surface area contributed by atoms with Crippen molar-refractivity contribution < 1.29 is 14.3 Å². The van der Waals surface area contributed by atoms with Crippen LogP contribution < -0.4 is 19.8 Å². The maximum absolute atomic E-state index is 11.8. The number of benzene rings is 2. The Morgan fingerprint density at radius 2 is 1.84 bits per heavy atom. The summed E-state index contributed by atoms with van der Waals surface area (Å²) in [7, 11) is 3.34. The molecule has 1 atom stereocenters. The quantitative estimate of drug-likeness (QED) is 0.349. The number of nitrogens with zero attached hydrogens (tertiary/aromatic N) is 3. The molecule has 1 fully saturated rings. The van der Waals surface area contributed by atoms with Gasteiger partial charge in [-0.25, -0.2) is 5.43 Å². The maximum atomic E-state index is 11.8. The highest BCUT2D eigenvalue weighted by Gasteiger charge is 2.35. The average molecular weight is 535 g/mol. The third kappa shape index (κ3) is 5.28. The van der Waals surface area contributed by atoms with Crippen LogP contribution in [-0.2, 0) is 5.41 Å². The smallest absolute Gasteiger partial charge is 0.299 e. The summed E-state index contributed by atoms with van der Waals surface area (Å²) < 4.78 is 11.2. The Hall–Kier alpha value is -3.00. The van der Waals surface area contributed by atoms with Gasteiger partial charge in [-0.05, 0) is 73.1 Å². The molecule has 3 aliphatic rings. The van der Waals surface area contributed by atoms with E-state index in [4.69, 9.17) is 14.5 Å². The number of nitrogens with one attached hydrogen (secondary N) is 1. The highest BCUT2D eigenvalue weighted by Crippen LogP contribution is 2.42. The molecule has 0 spiro atoms. The van der Waals surface area contributed by atoms with E-state index in [1.54, 1.807) is 14.2 Å². The van der Waals surface area contributed by atoms with Crippen LogP contribution >= 0.6 is 11.8 Å². The van der Waals surface area contributed by atoms with E-state index in [2.05, 4.69) is 53.5 Å². The number of fused-ring (bicyclic) bond motifs is 1. The molecule has 1 unspecified atom stereocenters. The van der Waals surface area contributed by atoms with Crippen molar-refractivity contribution in [2.75, 3.05) is 25.7 Å². The number of thioether (sulfide) groups is 1. The molecule has 2 aliphatic heterocycles. The van der Waals surface area contributed by atoms with Crippen LogP contribution in [0.5, 0.6) is 11.5 Å². The van der Waals surface area contributed by atoms with Gasteiger partial charge in [0.2, 0.25) is 0 Å². The monoisotopic (exact) mass is 534 g/mol. The molecule has 1 aliphatic carbocycles. The van der Waals surface area contributed by atoms with Gasteiger partial charge in [-0.2, -0.15) is 5.10 Å². The van der Waals surface area contributed by atoms with Gasteiger partial charge in [-0.1, -0.05) is 50.9 Å². The van der Waals surface area contributed by atoms with Crippen molar-refractivity contribution in [3.05, 3.63) is 53.1 Å². The topological polar surface area (TPSA) is 75.5 Å². The van der Waals surface area contributed by atoms with Gasteiger partial charge in [0.25, 0.3) is 5.24 Å². The van der Waals surface area contributed by atoms with Crippen LogP contribution in [0.2, 0.25) is 0 Å². The van der Waals surface area contributed by atoms with Crippen molar-refractivity contribution in [3.8, 4) is 11.5 Å². The molecule has 8 heteroatoms. The lowest BCUT2D eigenvalue weighted by molar-refractivity contribution is 0.261. The molecule has 2 heterocycles. The fourth-order valence-corrected chi connectivity index (χ4v) is 6.46. The minimum Gasteiger partial charge on any atom is -0.493 e. The van der Waals surface area contributed by atoms with Crippen LogP contribution in [0, 0.1) is 0 Å². The van der Waals surface area contributed by atoms with Gasteiger partial charge in [0, 0.05) is 17.8 Å². The van der Waals surface area contributed by atoms with E-state index in [1.807, 2.05) is 19.1 Å². The minimum atomic E-state index is -0.107. The molecule has 0 bridgehead atoms. The number of aliphatic imine (C=N–C) groups is 1. The first-order valence-electron chi connectivity index (χ1n) is 13.6. The standard InChI is InChI=1S/C30H38N4O3S/c1-19-27(32-33-29(35)38-19)20-11-13-24-23(17-20)30(2,3)15-16-34(24)28(31-22-9-7-6-8-10-22)21-12-14-25(36-4)26(18-21)37-5/h11-14,17-19,22H,6-10,15-16H2,1-5H3,(H,33,35). The van der Waals surface area contributed by atoms with Gasteiger partial charge in [-0.3, -0.25) is 9.79 Å². The zero-order chi connectivity index (χ0) is 26.9. The second-order valence-electron chi connectivity index (χ2n) is 11.0. The molecular weight excluding hydrogens is 496 g/mol. The normalized spacial score (nSPS) is 21.9. The summed E-state index contributed by atoms with van der Waals surface area (Å²) in [6.07, 6.45) is 7.01. The van der Waals surface area contributed by atoms with Crippen LogP contribution in [0.25, 0.3) is 0 Å².